The lowest BCUT2D eigenvalue weighted by molar-refractivity contribution is 0.379. The molecule has 0 amide bonds. The van der Waals surface area contributed by atoms with Crippen molar-refractivity contribution >= 4 is 17.1 Å². The molecule has 0 aliphatic carbocycles. The fourth-order valence-corrected chi connectivity index (χ4v) is 1.57. The standard InChI is InChI=1S/C10H13N5O2/c1-3-14-5-12-9-8(14)10(16)15(6-13-9)4-7(11)17-2/h5-6,11H,3-4H2,1-2H3. The SMILES string of the molecule is CCn1cnc2ncn(CC(=N)OC)c(=O)c21. The Morgan fingerprint density at radius 2 is 2.06 bits per heavy atom. The summed E-state index contributed by atoms with van der Waals surface area (Å²) < 4.78 is 7.80. The normalized spacial score (nSPS) is 10.7. The molecule has 2 rings (SSSR count). The molecule has 2 aromatic rings. The van der Waals surface area contributed by atoms with Gasteiger partial charge in [0.2, 0.25) is 5.90 Å². The highest BCUT2D eigenvalue weighted by atomic mass is 16.5. The third kappa shape index (κ3) is 1.91. The summed E-state index contributed by atoms with van der Waals surface area (Å²) in [6, 6.07) is 0. The zero-order valence-corrected chi connectivity index (χ0v) is 9.67. The smallest absolute Gasteiger partial charge is 0.280 e. The Labute approximate surface area is 97.2 Å². The Morgan fingerprint density at radius 3 is 2.65 bits per heavy atom. The number of fused-ring (bicyclic) bond motifs is 1. The van der Waals surface area contributed by atoms with Gasteiger partial charge in [0, 0.05) is 6.54 Å². The van der Waals surface area contributed by atoms with Crippen LogP contribution in [0.2, 0.25) is 0 Å². The Kier molecular flexibility index (Phi) is 2.90. The van der Waals surface area contributed by atoms with E-state index in [0.717, 1.165) is 0 Å². The first-order valence-electron chi connectivity index (χ1n) is 5.19. The molecular formula is C10H13N5O2. The number of nitrogens with one attached hydrogen (secondary N) is 1. The number of methoxy groups -OCH3 is 1. The Bertz CT molecular complexity index is 613. The molecule has 0 bridgehead atoms. The first-order chi connectivity index (χ1) is 8.17. The molecule has 0 aromatic carbocycles. The molecule has 0 aliphatic rings. The van der Waals surface area contributed by atoms with Gasteiger partial charge in [-0.15, -0.1) is 0 Å². The minimum absolute atomic E-state index is 0.0100. The van der Waals surface area contributed by atoms with Crippen LogP contribution in [0.25, 0.3) is 11.2 Å². The fraction of sp³-hybridized carbons (Fsp3) is 0.400. The molecule has 2 heterocycles. The van der Waals surface area contributed by atoms with Gasteiger partial charge in [0.1, 0.15) is 12.9 Å². The molecule has 0 aliphatic heterocycles. The molecule has 2 aromatic heterocycles. The van der Waals surface area contributed by atoms with Crippen molar-refractivity contribution in [2.45, 2.75) is 20.0 Å². The number of aromatic nitrogens is 4. The maximum atomic E-state index is 12.1. The van der Waals surface area contributed by atoms with Gasteiger partial charge in [0.05, 0.1) is 13.4 Å². The van der Waals surface area contributed by atoms with E-state index in [2.05, 4.69) is 9.97 Å². The van der Waals surface area contributed by atoms with Crippen molar-refractivity contribution in [3.8, 4) is 0 Å². The van der Waals surface area contributed by atoms with E-state index in [1.807, 2.05) is 6.92 Å². The van der Waals surface area contributed by atoms with Crippen molar-refractivity contribution in [1.82, 2.24) is 19.1 Å². The van der Waals surface area contributed by atoms with Gasteiger partial charge in [-0.2, -0.15) is 0 Å². The van der Waals surface area contributed by atoms with Crippen LogP contribution in [0.5, 0.6) is 0 Å². The number of imidazole rings is 1. The maximum absolute atomic E-state index is 12.1. The second kappa shape index (κ2) is 4.36. The van der Waals surface area contributed by atoms with Gasteiger partial charge in [0.15, 0.2) is 11.2 Å². The van der Waals surface area contributed by atoms with Crippen LogP contribution < -0.4 is 5.56 Å². The molecule has 0 fully saturated rings. The number of nitrogens with zero attached hydrogens (tertiary/aromatic N) is 4. The molecule has 7 nitrogen and oxygen atoms in total. The van der Waals surface area contributed by atoms with Crippen molar-refractivity contribution in [3.05, 3.63) is 23.0 Å². The molecule has 0 spiro atoms. The summed E-state index contributed by atoms with van der Waals surface area (Å²) in [7, 11) is 1.40. The van der Waals surface area contributed by atoms with Gasteiger partial charge in [-0.05, 0) is 6.92 Å². The molecule has 0 saturated carbocycles. The highest BCUT2D eigenvalue weighted by molar-refractivity contribution is 5.73. The van der Waals surface area contributed by atoms with Crippen LogP contribution in [0, 0.1) is 5.41 Å². The first kappa shape index (κ1) is 11.3. The zero-order chi connectivity index (χ0) is 12.4. The molecule has 90 valence electrons. The third-order valence-electron chi connectivity index (χ3n) is 2.50. The maximum Gasteiger partial charge on any atom is 0.280 e. The lowest BCUT2D eigenvalue weighted by Gasteiger charge is -2.06. The Morgan fingerprint density at radius 1 is 1.41 bits per heavy atom. The van der Waals surface area contributed by atoms with Crippen LogP contribution >= 0.6 is 0 Å². The molecule has 0 atom stereocenters. The van der Waals surface area contributed by atoms with Gasteiger partial charge in [-0.1, -0.05) is 0 Å². The van der Waals surface area contributed by atoms with Crippen LogP contribution in [0.1, 0.15) is 6.92 Å². The van der Waals surface area contributed by atoms with Crippen molar-refractivity contribution in [2.75, 3.05) is 7.11 Å². The quantitative estimate of drug-likeness (QED) is 0.609. The predicted octanol–water partition coefficient (Wildman–Crippen LogP) is 0.237. The topological polar surface area (TPSA) is 85.8 Å². The number of hydrogen-bond acceptors (Lipinski definition) is 5. The van der Waals surface area contributed by atoms with Crippen molar-refractivity contribution in [2.24, 2.45) is 0 Å². The predicted molar refractivity (Wildman–Crippen MR) is 62.2 cm³/mol. The van der Waals surface area contributed by atoms with Crippen LogP contribution in [-0.4, -0.2) is 32.1 Å². The highest BCUT2D eigenvalue weighted by Gasteiger charge is 2.10. The number of ether oxygens (including phenoxy) is 1. The minimum Gasteiger partial charge on any atom is -0.483 e. The van der Waals surface area contributed by atoms with Crippen LogP contribution in [0.3, 0.4) is 0 Å². The first-order valence-corrected chi connectivity index (χ1v) is 5.19. The van der Waals surface area contributed by atoms with Crippen LogP contribution in [0.15, 0.2) is 17.4 Å². The van der Waals surface area contributed by atoms with Crippen molar-refractivity contribution in [3.63, 3.8) is 0 Å². The third-order valence-corrected chi connectivity index (χ3v) is 2.50. The average Bonchev–Trinajstić information content (AvgIpc) is 2.76. The minimum atomic E-state index is -0.212. The molecule has 0 unspecified atom stereocenters. The molecule has 17 heavy (non-hydrogen) atoms. The summed E-state index contributed by atoms with van der Waals surface area (Å²) in [5.74, 6) is 0.0100. The van der Waals surface area contributed by atoms with Crippen LogP contribution in [0.4, 0.5) is 0 Å². The van der Waals surface area contributed by atoms with E-state index in [1.54, 1.807) is 10.9 Å². The number of hydrogen-bond donors (Lipinski definition) is 1. The number of aryl methyl sites for hydroxylation is 1. The van der Waals surface area contributed by atoms with Gasteiger partial charge >= 0.3 is 0 Å². The number of rotatable bonds is 3. The molecule has 1 N–H and O–H groups in total. The molecule has 0 saturated heterocycles. The average molecular weight is 235 g/mol. The molecule has 7 heteroatoms. The fourth-order valence-electron chi connectivity index (χ4n) is 1.57. The summed E-state index contributed by atoms with van der Waals surface area (Å²) in [6.45, 7) is 2.65. The van der Waals surface area contributed by atoms with E-state index < -0.39 is 0 Å². The van der Waals surface area contributed by atoms with Gasteiger partial charge in [-0.3, -0.25) is 14.8 Å². The lowest BCUT2D eigenvalue weighted by atomic mass is 10.5. The second-order valence-corrected chi connectivity index (χ2v) is 3.51. The second-order valence-electron chi connectivity index (χ2n) is 3.51. The van der Waals surface area contributed by atoms with Crippen molar-refractivity contribution < 1.29 is 4.74 Å². The lowest BCUT2D eigenvalue weighted by Crippen LogP contribution is -2.26. The van der Waals surface area contributed by atoms with Gasteiger partial charge in [-0.25, -0.2) is 9.97 Å². The van der Waals surface area contributed by atoms with Gasteiger partial charge in [0.25, 0.3) is 5.56 Å². The van der Waals surface area contributed by atoms with E-state index in [0.29, 0.717) is 17.7 Å². The summed E-state index contributed by atoms with van der Waals surface area (Å²) in [5, 5.41) is 7.41. The van der Waals surface area contributed by atoms with E-state index in [-0.39, 0.29) is 18.0 Å². The van der Waals surface area contributed by atoms with E-state index in [1.165, 1.54) is 18.0 Å². The largest absolute Gasteiger partial charge is 0.483 e. The zero-order valence-electron chi connectivity index (χ0n) is 9.67. The monoisotopic (exact) mass is 235 g/mol. The van der Waals surface area contributed by atoms with Crippen molar-refractivity contribution in [1.29, 1.82) is 5.41 Å². The Hall–Kier alpha value is -2.18. The van der Waals surface area contributed by atoms with E-state index in [9.17, 15) is 4.79 Å². The summed E-state index contributed by atoms with van der Waals surface area (Å²) in [4.78, 5) is 20.3. The Balaban J connectivity index is 2.56. The van der Waals surface area contributed by atoms with Gasteiger partial charge < -0.3 is 9.30 Å². The van der Waals surface area contributed by atoms with Crippen LogP contribution in [-0.2, 0) is 17.8 Å². The molecular weight excluding hydrogens is 222 g/mol. The summed E-state index contributed by atoms with van der Waals surface area (Å²) in [6.07, 6.45) is 2.97. The highest BCUT2D eigenvalue weighted by Crippen LogP contribution is 2.04. The summed E-state index contributed by atoms with van der Waals surface area (Å²) >= 11 is 0. The molecule has 0 radical (unpaired) electrons. The van der Waals surface area contributed by atoms with E-state index in [4.69, 9.17) is 10.1 Å². The van der Waals surface area contributed by atoms with E-state index >= 15 is 0 Å². The summed E-state index contributed by atoms with van der Waals surface area (Å²) in [5.41, 5.74) is 0.673.